The summed E-state index contributed by atoms with van der Waals surface area (Å²) in [5, 5.41) is 22.7. The van der Waals surface area contributed by atoms with Gasteiger partial charge in [0, 0.05) is 16.8 Å². The van der Waals surface area contributed by atoms with Gasteiger partial charge in [0.15, 0.2) is 6.20 Å². The molecule has 1 amide bonds. The summed E-state index contributed by atoms with van der Waals surface area (Å²) in [6.07, 6.45) is -7.46. The summed E-state index contributed by atoms with van der Waals surface area (Å²) in [7, 11) is -4.84. The summed E-state index contributed by atoms with van der Waals surface area (Å²) in [5.41, 5.74) is 0.352. The van der Waals surface area contributed by atoms with E-state index in [2.05, 4.69) is 11.9 Å². The Morgan fingerprint density at radius 3 is 3.00 bits per heavy atom. The van der Waals surface area contributed by atoms with Crippen molar-refractivity contribution in [1.82, 2.24) is 10.2 Å². The third kappa shape index (κ3) is 4.20. The number of fused-ring (bicyclic) bond motifs is 1. The molecule has 3 N–H and O–H groups in total. The molecule has 1 aromatic rings. The summed E-state index contributed by atoms with van der Waals surface area (Å²) in [5.74, 6) is -5.26. The first-order valence-corrected chi connectivity index (χ1v) is 10.7. The zero-order chi connectivity index (χ0) is 25.3. The lowest BCUT2D eigenvalue weighted by molar-refractivity contribution is -0.208. The minimum absolute atomic E-state index is 0.0365. The van der Waals surface area contributed by atoms with E-state index in [1.54, 1.807) is 0 Å². The van der Waals surface area contributed by atoms with Gasteiger partial charge in [-0.15, -0.1) is 0 Å². The van der Waals surface area contributed by atoms with Crippen molar-refractivity contribution < 1.29 is 46.4 Å². The number of hydrogen-bond acceptors (Lipinski definition) is 9. The molecule has 0 bridgehead atoms. The second-order valence-corrected chi connectivity index (χ2v) is 8.84. The van der Waals surface area contributed by atoms with Crippen LogP contribution in [0, 0.1) is 0 Å². The van der Waals surface area contributed by atoms with Gasteiger partial charge in [-0.25, -0.2) is 8.96 Å². The SMILES string of the molecule is [2H]C([2H])(OP1(=O)OCc2cc(Cl)ccc2O1)[C@@]1(F)O[C@@]([2H])(N2C=C(Cl)C(=O)NC2=C)[C@H](O)[C@@H]1O. The van der Waals surface area contributed by atoms with Gasteiger partial charge in [0.2, 0.25) is 0 Å². The number of phosphoric ester groups is 1. The van der Waals surface area contributed by atoms with E-state index in [0.717, 1.165) is 6.20 Å². The number of amides is 1. The molecule has 0 saturated carbocycles. The molecule has 31 heavy (non-hydrogen) atoms. The second kappa shape index (κ2) is 8.02. The number of halogens is 3. The molecule has 1 saturated heterocycles. The molecule has 4 rings (SSSR count). The summed E-state index contributed by atoms with van der Waals surface area (Å²) in [6.45, 7) is -0.783. The Morgan fingerprint density at radius 1 is 1.52 bits per heavy atom. The van der Waals surface area contributed by atoms with E-state index in [-0.39, 0.29) is 5.75 Å². The van der Waals surface area contributed by atoms with Gasteiger partial charge in [-0.3, -0.25) is 13.8 Å². The third-order valence-corrected chi connectivity index (χ3v) is 6.02. The van der Waals surface area contributed by atoms with Crippen LogP contribution >= 0.6 is 31.0 Å². The fourth-order valence-electron chi connectivity index (χ4n) is 2.79. The Morgan fingerprint density at radius 2 is 2.26 bits per heavy atom. The number of aliphatic hydroxyl groups is 2. The number of carbonyl (C=O) groups is 1. The first kappa shape index (κ1) is 18.8. The van der Waals surface area contributed by atoms with Gasteiger partial charge < -0.3 is 29.7 Å². The highest BCUT2D eigenvalue weighted by atomic mass is 35.5. The van der Waals surface area contributed by atoms with Crippen molar-refractivity contribution in [1.29, 1.82) is 0 Å². The first-order valence-electron chi connectivity index (χ1n) is 9.97. The average Bonchev–Trinajstić information content (AvgIpc) is 2.92. The van der Waals surface area contributed by atoms with Crippen LogP contribution in [0.4, 0.5) is 4.39 Å². The van der Waals surface area contributed by atoms with Crippen LogP contribution in [0.3, 0.4) is 0 Å². The molecule has 168 valence electrons. The Kier molecular flexibility index (Phi) is 4.87. The monoisotopic (exact) mass is 499 g/mol. The van der Waals surface area contributed by atoms with Crippen molar-refractivity contribution in [3.63, 3.8) is 0 Å². The molecule has 0 aromatic heterocycles. The largest absolute Gasteiger partial charge is 0.530 e. The standard InChI is InChI=1S/C17H16Cl2FN2O8P/c1-8-21-15(25)11(19)5-22(8)16-13(23)14(24)17(20,29-16)7-28-31(26)27-6-9-4-10(18)2-3-12(9)30-31/h2-5,13-14,16,23-24H,1,6-7H2,(H,21,25)/t13-,14+,16-,17-,31?/m1/s1/i7D2,16D. The second-order valence-electron chi connectivity index (χ2n) is 6.48. The smallest absolute Gasteiger partial charge is 0.404 e. The van der Waals surface area contributed by atoms with Crippen molar-refractivity contribution in [2.75, 3.05) is 6.56 Å². The summed E-state index contributed by atoms with van der Waals surface area (Å²) in [4.78, 5) is 12.2. The molecular weight excluding hydrogens is 481 g/mol. The number of ether oxygens (including phenoxy) is 1. The van der Waals surface area contributed by atoms with Crippen molar-refractivity contribution in [2.24, 2.45) is 0 Å². The van der Waals surface area contributed by atoms with Crippen LogP contribution in [0.1, 0.15) is 9.68 Å². The van der Waals surface area contributed by atoms with Gasteiger partial charge in [0.25, 0.3) is 11.8 Å². The number of carbonyl (C=O) groups excluding carboxylic acids is 1. The number of nitrogens with zero attached hydrogens (tertiary/aromatic N) is 1. The van der Waals surface area contributed by atoms with E-state index in [0.29, 0.717) is 15.5 Å². The number of alkyl halides is 1. The van der Waals surface area contributed by atoms with Crippen molar-refractivity contribution >= 4 is 36.9 Å². The molecule has 0 radical (unpaired) electrons. The van der Waals surface area contributed by atoms with E-state index in [4.69, 9.17) is 45.6 Å². The zero-order valence-electron chi connectivity index (χ0n) is 18.3. The van der Waals surface area contributed by atoms with Gasteiger partial charge in [-0.2, -0.15) is 0 Å². The predicted molar refractivity (Wildman–Crippen MR) is 104 cm³/mol. The van der Waals surface area contributed by atoms with E-state index < -0.39 is 62.0 Å². The molecule has 3 heterocycles. The molecule has 3 aliphatic rings. The summed E-state index contributed by atoms with van der Waals surface area (Å²) >= 11 is 11.6. The molecule has 1 aromatic carbocycles. The van der Waals surface area contributed by atoms with Crippen LogP contribution in [-0.2, 0) is 29.8 Å². The number of aliphatic hydroxyl groups excluding tert-OH is 2. The topological polar surface area (TPSA) is 127 Å². The normalized spacial score (nSPS) is 39.6. The number of rotatable bonds is 4. The number of nitrogens with one attached hydrogen (secondary N) is 1. The predicted octanol–water partition coefficient (Wildman–Crippen LogP) is 2.10. The molecule has 0 spiro atoms. The van der Waals surface area contributed by atoms with Gasteiger partial charge in [0.1, 0.15) is 35.4 Å². The number of phosphoric acid groups is 1. The number of hydrogen-bond donors (Lipinski definition) is 3. The maximum Gasteiger partial charge on any atom is 0.530 e. The molecule has 0 aliphatic carbocycles. The molecule has 10 nitrogen and oxygen atoms in total. The molecule has 1 unspecified atom stereocenters. The minimum atomic E-state index is -4.84. The van der Waals surface area contributed by atoms with Gasteiger partial charge in [-0.05, 0) is 18.2 Å². The summed E-state index contributed by atoms with van der Waals surface area (Å²) in [6, 6.07) is 4.13. The first-order chi connectivity index (χ1) is 15.6. The van der Waals surface area contributed by atoms with Gasteiger partial charge in [0.05, 0.1) is 10.7 Å². The Hall–Kier alpha value is -1.69. The Balaban J connectivity index is 1.63. The van der Waals surface area contributed by atoms with E-state index in [1.165, 1.54) is 18.2 Å². The van der Waals surface area contributed by atoms with Crippen molar-refractivity contribution in [2.45, 2.75) is 30.9 Å². The Bertz CT molecular complexity index is 1160. The lowest BCUT2D eigenvalue weighted by Crippen LogP contribution is -2.47. The molecule has 5 atom stereocenters. The molecule has 1 fully saturated rings. The maximum absolute atomic E-state index is 15.9. The molecule has 3 aliphatic heterocycles. The van der Waals surface area contributed by atoms with Crippen LogP contribution in [-0.4, -0.2) is 51.8 Å². The fraction of sp³-hybridized carbons (Fsp3) is 0.353. The molecular formula is C17H16Cl2FN2O8P. The maximum atomic E-state index is 15.9. The highest BCUT2D eigenvalue weighted by Crippen LogP contribution is 2.55. The van der Waals surface area contributed by atoms with Crippen LogP contribution in [0.2, 0.25) is 5.02 Å². The lowest BCUT2D eigenvalue weighted by Gasteiger charge is -2.33. The van der Waals surface area contributed by atoms with Gasteiger partial charge in [-0.1, -0.05) is 29.8 Å². The highest BCUT2D eigenvalue weighted by Gasteiger charge is 2.58. The quantitative estimate of drug-likeness (QED) is 0.533. The van der Waals surface area contributed by atoms with Crippen molar-refractivity contribution in [3.8, 4) is 5.75 Å². The lowest BCUT2D eigenvalue weighted by atomic mass is 10.1. The highest BCUT2D eigenvalue weighted by molar-refractivity contribution is 7.49. The van der Waals surface area contributed by atoms with Crippen LogP contribution in [0.15, 0.2) is 41.8 Å². The van der Waals surface area contributed by atoms with Crippen LogP contribution in [0.5, 0.6) is 5.75 Å². The number of benzene rings is 1. The van der Waals surface area contributed by atoms with E-state index in [1.807, 2.05) is 0 Å². The van der Waals surface area contributed by atoms with E-state index in [9.17, 15) is 19.6 Å². The van der Waals surface area contributed by atoms with Gasteiger partial charge >= 0.3 is 7.82 Å². The minimum Gasteiger partial charge on any atom is -0.404 e. The summed E-state index contributed by atoms with van der Waals surface area (Å²) < 4.78 is 72.8. The average molecular weight is 500 g/mol. The zero-order valence-corrected chi connectivity index (χ0v) is 17.7. The third-order valence-electron chi connectivity index (χ3n) is 4.34. The van der Waals surface area contributed by atoms with Crippen LogP contribution < -0.4 is 9.84 Å². The Labute approximate surface area is 189 Å². The van der Waals surface area contributed by atoms with Crippen LogP contribution in [0.25, 0.3) is 0 Å². The van der Waals surface area contributed by atoms with Crippen molar-refractivity contribution in [3.05, 3.63) is 52.4 Å². The van der Waals surface area contributed by atoms with E-state index >= 15 is 4.39 Å². The molecule has 14 heteroatoms. The fourth-order valence-corrected chi connectivity index (χ4v) is 4.22.